The molecule has 0 aromatic carbocycles. The lowest BCUT2D eigenvalue weighted by Gasteiger charge is -2.18. The number of aliphatic carboxylic acids is 1. The van der Waals surface area contributed by atoms with Crippen LogP contribution >= 0.6 is 0 Å². The predicted molar refractivity (Wildman–Crippen MR) is 174 cm³/mol. The summed E-state index contributed by atoms with van der Waals surface area (Å²) in [5.74, 6) is -0.828. The molecule has 0 amide bonds. The van der Waals surface area contributed by atoms with Gasteiger partial charge in [-0.1, -0.05) is 104 Å². The van der Waals surface area contributed by atoms with Crippen LogP contribution in [0, 0.1) is 0 Å². The maximum Gasteiger partial charge on any atom is 0.306 e. The fraction of sp³-hybridized carbons (Fsp3) is 0.861. The molecule has 0 aliphatic rings. The quantitative estimate of drug-likeness (QED) is 0.0488. The Bertz CT molecular complexity index is 674. The minimum atomic E-state index is -0.721. The summed E-state index contributed by atoms with van der Waals surface area (Å²) >= 11 is 0. The van der Waals surface area contributed by atoms with Crippen molar-refractivity contribution in [3.8, 4) is 0 Å². The van der Waals surface area contributed by atoms with Crippen molar-refractivity contribution in [1.82, 2.24) is 0 Å². The SMILES string of the molecule is CC/C=C/CCCCCCCC(=O)OC(CCC)CCCCCCCC(=O)OC(CCC)CCCCCCCC(=O)O. The molecule has 0 rings (SSSR count). The highest BCUT2D eigenvalue weighted by molar-refractivity contribution is 5.69. The van der Waals surface area contributed by atoms with Gasteiger partial charge in [0.05, 0.1) is 0 Å². The number of carboxylic acids is 1. The van der Waals surface area contributed by atoms with E-state index < -0.39 is 5.97 Å². The molecule has 0 heterocycles. The molecule has 1 N–H and O–H groups in total. The molecule has 0 radical (unpaired) electrons. The minimum Gasteiger partial charge on any atom is -0.481 e. The van der Waals surface area contributed by atoms with Gasteiger partial charge in [0.15, 0.2) is 0 Å². The van der Waals surface area contributed by atoms with Gasteiger partial charge in [-0.05, 0) is 77.0 Å². The standard InChI is InChI=1S/C36H66O6/c1-4-7-8-9-10-11-12-18-23-30-35(39)41-33(26-6-3)28-21-16-14-19-24-31-36(40)42-32(25-5-2)27-20-15-13-17-22-29-34(37)38/h7-8,32-33H,4-6,9-31H2,1-3H3,(H,37,38)/b8-7+. The highest BCUT2D eigenvalue weighted by atomic mass is 16.5. The summed E-state index contributed by atoms with van der Waals surface area (Å²) in [6, 6.07) is 0. The number of allylic oxidation sites excluding steroid dienone is 2. The molecule has 0 aromatic rings. The molecule has 246 valence electrons. The van der Waals surface area contributed by atoms with Crippen molar-refractivity contribution in [2.75, 3.05) is 0 Å². The average Bonchev–Trinajstić information content (AvgIpc) is 2.95. The second kappa shape index (κ2) is 30.6. The molecule has 0 saturated carbocycles. The maximum absolute atomic E-state index is 12.4. The van der Waals surface area contributed by atoms with Gasteiger partial charge in [0.1, 0.15) is 12.2 Å². The number of rotatable bonds is 31. The number of carboxylic acid groups (broad SMARTS) is 1. The van der Waals surface area contributed by atoms with Crippen molar-refractivity contribution in [1.29, 1.82) is 0 Å². The number of hydrogen-bond acceptors (Lipinski definition) is 5. The van der Waals surface area contributed by atoms with E-state index >= 15 is 0 Å². The van der Waals surface area contributed by atoms with Crippen LogP contribution in [0.2, 0.25) is 0 Å². The highest BCUT2D eigenvalue weighted by Crippen LogP contribution is 2.18. The number of carbonyl (C=O) groups excluding carboxylic acids is 2. The van der Waals surface area contributed by atoms with Crippen LogP contribution in [0.3, 0.4) is 0 Å². The van der Waals surface area contributed by atoms with Crippen LogP contribution in [-0.4, -0.2) is 35.2 Å². The van der Waals surface area contributed by atoms with Crippen LogP contribution in [0.15, 0.2) is 12.2 Å². The van der Waals surface area contributed by atoms with Gasteiger partial charge < -0.3 is 14.6 Å². The number of ether oxygens (including phenoxy) is 2. The summed E-state index contributed by atoms with van der Waals surface area (Å²) in [6.45, 7) is 6.43. The van der Waals surface area contributed by atoms with Gasteiger partial charge in [-0.25, -0.2) is 0 Å². The number of hydrogen-bond donors (Lipinski definition) is 1. The molecule has 0 fully saturated rings. The largest absolute Gasteiger partial charge is 0.481 e. The molecule has 2 atom stereocenters. The molecule has 2 unspecified atom stereocenters. The summed E-state index contributed by atoms with van der Waals surface area (Å²) < 4.78 is 11.6. The van der Waals surface area contributed by atoms with Crippen molar-refractivity contribution in [3.05, 3.63) is 12.2 Å². The Morgan fingerprint density at radius 3 is 1.36 bits per heavy atom. The summed E-state index contributed by atoms with van der Waals surface area (Å²) in [7, 11) is 0. The van der Waals surface area contributed by atoms with Crippen LogP contribution in [0.5, 0.6) is 0 Å². The monoisotopic (exact) mass is 594 g/mol. The molecule has 0 bridgehead atoms. The summed E-state index contributed by atoms with van der Waals surface area (Å²) in [5.41, 5.74) is 0. The van der Waals surface area contributed by atoms with E-state index in [1.807, 2.05) is 0 Å². The maximum atomic E-state index is 12.4. The van der Waals surface area contributed by atoms with Crippen molar-refractivity contribution < 1.29 is 29.0 Å². The third-order valence-electron chi connectivity index (χ3n) is 7.80. The van der Waals surface area contributed by atoms with E-state index in [1.165, 1.54) is 25.7 Å². The fourth-order valence-corrected chi connectivity index (χ4v) is 5.35. The van der Waals surface area contributed by atoms with Crippen LogP contribution in [0.25, 0.3) is 0 Å². The third kappa shape index (κ3) is 28.3. The Morgan fingerprint density at radius 2 is 0.929 bits per heavy atom. The molecule has 0 aromatic heterocycles. The zero-order chi connectivity index (χ0) is 31.1. The first kappa shape index (κ1) is 40.1. The molecule has 0 saturated heterocycles. The van der Waals surface area contributed by atoms with E-state index in [1.54, 1.807) is 0 Å². The Labute approximate surface area is 258 Å². The Hall–Kier alpha value is -1.85. The van der Waals surface area contributed by atoms with Gasteiger partial charge in [0.25, 0.3) is 0 Å². The first-order valence-electron chi connectivity index (χ1n) is 17.7. The normalized spacial score (nSPS) is 12.8. The van der Waals surface area contributed by atoms with E-state index in [4.69, 9.17) is 14.6 Å². The summed E-state index contributed by atoms with van der Waals surface area (Å²) in [6.07, 6.45) is 29.5. The zero-order valence-electron chi connectivity index (χ0n) is 27.7. The predicted octanol–water partition coefficient (Wildman–Crippen LogP) is 10.7. The van der Waals surface area contributed by atoms with E-state index in [0.717, 1.165) is 122 Å². The van der Waals surface area contributed by atoms with Gasteiger partial charge in [-0.15, -0.1) is 0 Å². The molecule has 6 nitrogen and oxygen atoms in total. The second-order valence-electron chi connectivity index (χ2n) is 12.0. The minimum absolute atomic E-state index is 0.0118. The van der Waals surface area contributed by atoms with Crippen molar-refractivity contribution in [2.24, 2.45) is 0 Å². The third-order valence-corrected chi connectivity index (χ3v) is 7.80. The molecule has 0 spiro atoms. The van der Waals surface area contributed by atoms with Crippen molar-refractivity contribution in [2.45, 2.75) is 200 Å². The van der Waals surface area contributed by atoms with E-state index in [0.29, 0.717) is 12.8 Å². The van der Waals surface area contributed by atoms with Crippen LogP contribution in [0.4, 0.5) is 0 Å². The number of esters is 2. The van der Waals surface area contributed by atoms with Gasteiger partial charge in [-0.2, -0.15) is 0 Å². The molecule has 42 heavy (non-hydrogen) atoms. The first-order valence-corrected chi connectivity index (χ1v) is 17.7. The lowest BCUT2D eigenvalue weighted by Crippen LogP contribution is -2.18. The van der Waals surface area contributed by atoms with Crippen LogP contribution in [-0.2, 0) is 23.9 Å². The number of carbonyl (C=O) groups is 3. The summed E-state index contributed by atoms with van der Waals surface area (Å²) in [5, 5.41) is 8.70. The Kier molecular flexibility index (Phi) is 29.3. The molecule has 0 aliphatic heterocycles. The molecular weight excluding hydrogens is 528 g/mol. The van der Waals surface area contributed by atoms with E-state index in [-0.39, 0.29) is 30.6 Å². The lowest BCUT2D eigenvalue weighted by atomic mass is 10.0. The lowest BCUT2D eigenvalue weighted by molar-refractivity contribution is -0.150. The van der Waals surface area contributed by atoms with Crippen molar-refractivity contribution in [3.63, 3.8) is 0 Å². The average molecular weight is 595 g/mol. The second-order valence-corrected chi connectivity index (χ2v) is 12.0. The molecule has 0 aliphatic carbocycles. The van der Waals surface area contributed by atoms with Gasteiger partial charge in [0, 0.05) is 19.3 Å². The molecular formula is C36H66O6. The Balaban J connectivity index is 3.90. The van der Waals surface area contributed by atoms with Gasteiger partial charge >= 0.3 is 17.9 Å². The fourth-order valence-electron chi connectivity index (χ4n) is 5.35. The van der Waals surface area contributed by atoms with E-state index in [2.05, 4.69) is 32.9 Å². The van der Waals surface area contributed by atoms with Crippen molar-refractivity contribution >= 4 is 17.9 Å². The number of unbranched alkanes of at least 4 members (excludes halogenated alkanes) is 13. The highest BCUT2D eigenvalue weighted by Gasteiger charge is 2.15. The Morgan fingerprint density at radius 1 is 0.524 bits per heavy atom. The van der Waals surface area contributed by atoms with Gasteiger partial charge in [0.2, 0.25) is 0 Å². The zero-order valence-corrected chi connectivity index (χ0v) is 27.7. The van der Waals surface area contributed by atoms with Crippen LogP contribution < -0.4 is 0 Å². The smallest absolute Gasteiger partial charge is 0.306 e. The molecule has 6 heteroatoms. The first-order chi connectivity index (χ1) is 20.4. The summed E-state index contributed by atoms with van der Waals surface area (Å²) in [4.78, 5) is 35.3. The van der Waals surface area contributed by atoms with Gasteiger partial charge in [-0.3, -0.25) is 14.4 Å². The van der Waals surface area contributed by atoms with Crippen LogP contribution in [0.1, 0.15) is 188 Å². The van der Waals surface area contributed by atoms with E-state index in [9.17, 15) is 14.4 Å². The topological polar surface area (TPSA) is 89.9 Å².